The van der Waals surface area contributed by atoms with Crippen molar-refractivity contribution in [3.8, 4) is 0 Å². The van der Waals surface area contributed by atoms with E-state index in [-0.39, 0.29) is 12.4 Å². The third-order valence-corrected chi connectivity index (χ3v) is 3.69. The van der Waals surface area contributed by atoms with Gasteiger partial charge in [-0.3, -0.25) is 4.79 Å². The van der Waals surface area contributed by atoms with E-state index < -0.39 is 24.1 Å². The molecule has 136 valence electrons. The lowest BCUT2D eigenvalue weighted by molar-refractivity contribution is -0.125. The second-order valence-electron chi connectivity index (χ2n) is 5.76. The third-order valence-electron chi connectivity index (χ3n) is 3.69. The Morgan fingerprint density at radius 3 is 2.62 bits per heavy atom. The number of aliphatic hydroxyl groups excluding tert-OH is 2. The summed E-state index contributed by atoms with van der Waals surface area (Å²) in [7, 11) is 0. The van der Waals surface area contributed by atoms with Crippen LogP contribution in [-0.4, -0.2) is 38.4 Å². The Hall–Kier alpha value is -3.17. The fraction of sp³-hybridized carbons (Fsp3) is 0.176. The zero-order valence-electron chi connectivity index (χ0n) is 13.6. The highest BCUT2D eigenvalue weighted by molar-refractivity contribution is 5.95. The summed E-state index contributed by atoms with van der Waals surface area (Å²) in [4.78, 5) is 19.0. The molecule has 0 bridgehead atoms. The van der Waals surface area contributed by atoms with Crippen molar-refractivity contribution in [3.63, 3.8) is 0 Å². The molecule has 26 heavy (non-hydrogen) atoms. The minimum absolute atomic E-state index is 0.248. The highest BCUT2D eigenvalue weighted by atomic mass is 19.1. The number of aromatic nitrogens is 2. The Morgan fingerprint density at radius 1 is 1.19 bits per heavy atom. The van der Waals surface area contributed by atoms with Gasteiger partial charge in [0.25, 0.3) is 5.91 Å². The van der Waals surface area contributed by atoms with E-state index in [0.717, 1.165) is 0 Å². The summed E-state index contributed by atoms with van der Waals surface area (Å²) in [5.41, 5.74) is 7.78. The number of halogens is 1. The van der Waals surface area contributed by atoms with Crippen molar-refractivity contribution in [2.24, 2.45) is 0 Å². The number of hydrogen-bond donors (Lipinski definition) is 6. The summed E-state index contributed by atoms with van der Waals surface area (Å²) in [5.74, 6) is -0.810. The van der Waals surface area contributed by atoms with Crippen LogP contribution in [-0.2, 0) is 4.79 Å². The number of nitrogen functional groups attached to an aromatic ring is 1. The normalized spacial score (nSPS) is 13.3. The van der Waals surface area contributed by atoms with Gasteiger partial charge >= 0.3 is 0 Å². The zero-order valence-corrected chi connectivity index (χ0v) is 13.6. The van der Waals surface area contributed by atoms with E-state index >= 15 is 0 Å². The second kappa shape index (κ2) is 7.38. The molecule has 1 heterocycles. The number of fused-ring (bicyclic) bond motifs is 1. The van der Waals surface area contributed by atoms with Gasteiger partial charge in [-0.2, -0.15) is 0 Å². The summed E-state index contributed by atoms with van der Waals surface area (Å²) in [6, 6.07) is 10.3. The molecule has 0 fully saturated rings. The number of amides is 1. The fourth-order valence-electron chi connectivity index (χ4n) is 2.45. The predicted molar refractivity (Wildman–Crippen MR) is 95.8 cm³/mol. The van der Waals surface area contributed by atoms with Crippen molar-refractivity contribution < 1.29 is 19.4 Å². The molecule has 7 N–H and O–H groups in total. The molecule has 3 aromatic rings. The number of nitrogens with two attached hydrogens (primary N) is 1. The van der Waals surface area contributed by atoms with Crippen LogP contribution in [0.25, 0.3) is 11.0 Å². The van der Waals surface area contributed by atoms with Gasteiger partial charge in [0.05, 0.1) is 11.0 Å². The Kier molecular flexibility index (Phi) is 5.01. The average molecular weight is 359 g/mol. The molecule has 2 atom stereocenters. The maximum absolute atomic E-state index is 12.8. The van der Waals surface area contributed by atoms with Gasteiger partial charge in [0, 0.05) is 17.8 Å². The SMILES string of the molecule is Nc1nc2ccc(NC(=O)[C@@H](O)CC(O)Nc3ccc(F)cc3)cc2[nH]1. The molecule has 1 amide bonds. The van der Waals surface area contributed by atoms with Crippen LogP contribution in [0.4, 0.5) is 21.7 Å². The smallest absolute Gasteiger partial charge is 0.253 e. The van der Waals surface area contributed by atoms with Crippen LogP contribution in [0.2, 0.25) is 0 Å². The number of nitrogens with one attached hydrogen (secondary N) is 3. The fourth-order valence-corrected chi connectivity index (χ4v) is 2.45. The number of carbonyl (C=O) groups is 1. The van der Waals surface area contributed by atoms with Crippen LogP contribution in [0.1, 0.15) is 6.42 Å². The lowest BCUT2D eigenvalue weighted by Crippen LogP contribution is -2.34. The molecule has 0 radical (unpaired) electrons. The summed E-state index contributed by atoms with van der Waals surface area (Å²) >= 11 is 0. The molecule has 0 spiro atoms. The van der Waals surface area contributed by atoms with Gasteiger partial charge in [-0.25, -0.2) is 9.37 Å². The van der Waals surface area contributed by atoms with Gasteiger partial charge < -0.3 is 31.6 Å². The number of rotatable bonds is 6. The molecule has 0 aliphatic rings. The number of hydrogen-bond acceptors (Lipinski definition) is 6. The number of anilines is 3. The number of nitrogens with zero attached hydrogens (tertiary/aromatic N) is 1. The number of imidazole rings is 1. The molecule has 8 nitrogen and oxygen atoms in total. The number of carbonyl (C=O) groups excluding carboxylic acids is 1. The Balaban J connectivity index is 1.56. The van der Waals surface area contributed by atoms with Gasteiger partial charge in [-0.15, -0.1) is 0 Å². The van der Waals surface area contributed by atoms with E-state index in [1.165, 1.54) is 24.3 Å². The maximum Gasteiger partial charge on any atom is 0.253 e. The van der Waals surface area contributed by atoms with E-state index in [0.29, 0.717) is 22.4 Å². The number of benzene rings is 2. The largest absolute Gasteiger partial charge is 0.383 e. The number of aromatic amines is 1. The van der Waals surface area contributed by atoms with Crippen molar-refractivity contribution in [1.29, 1.82) is 0 Å². The molecule has 0 aliphatic carbocycles. The Bertz CT molecular complexity index is 912. The summed E-state index contributed by atoms with van der Waals surface area (Å²) < 4.78 is 12.8. The first-order chi connectivity index (χ1) is 12.4. The molecule has 3 rings (SSSR count). The van der Waals surface area contributed by atoms with Crippen molar-refractivity contribution in [2.45, 2.75) is 18.8 Å². The summed E-state index contributed by atoms with van der Waals surface area (Å²) in [6.45, 7) is 0. The first kappa shape index (κ1) is 17.6. The second-order valence-corrected chi connectivity index (χ2v) is 5.76. The zero-order chi connectivity index (χ0) is 18.7. The van der Waals surface area contributed by atoms with Crippen LogP contribution in [0.3, 0.4) is 0 Å². The Labute approximate surface area is 147 Å². The van der Waals surface area contributed by atoms with Crippen LogP contribution in [0, 0.1) is 5.82 Å². The number of aliphatic hydroxyl groups is 2. The first-order valence-corrected chi connectivity index (χ1v) is 7.85. The summed E-state index contributed by atoms with van der Waals surface area (Å²) in [6.07, 6.45) is -2.88. The summed E-state index contributed by atoms with van der Waals surface area (Å²) in [5, 5.41) is 25.1. The molecule has 0 aliphatic heterocycles. The van der Waals surface area contributed by atoms with Crippen molar-refractivity contribution in [1.82, 2.24) is 9.97 Å². The molecule has 1 unspecified atom stereocenters. The molecule has 0 saturated carbocycles. The van der Waals surface area contributed by atoms with Gasteiger partial charge in [0.15, 0.2) is 5.95 Å². The molecular formula is C17H18FN5O3. The topological polar surface area (TPSA) is 136 Å². The van der Waals surface area contributed by atoms with Gasteiger partial charge in [0.2, 0.25) is 0 Å². The standard InChI is InChI=1S/C17H18FN5O3/c18-9-1-3-10(4-2-9)20-15(25)8-14(24)16(26)21-11-5-6-12-13(7-11)23-17(19)22-12/h1-7,14-15,20,24-25H,8H2,(H,21,26)(H3,19,22,23)/t14-,15?/m0/s1. The monoisotopic (exact) mass is 359 g/mol. The molecule has 2 aromatic carbocycles. The van der Waals surface area contributed by atoms with Crippen molar-refractivity contribution >= 4 is 34.3 Å². The van der Waals surface area contributed by atoms with Crippen LogP contribution in [0.5, 0.6) is 0 Å². The lowest BCUT2D eigenvalue weighted by atomic mass is 10.2. The minimum atomic E-state index is -1.44. The van der Waals surface area contributed by atoms with Gasteiger partial charge in [0.1, 0.15) is 18.1 Å². The average Bonchev–Trinajstić information content (AvgIpc) is 2.96. The van der Waals surface area contributed by atoms with Gasteiger partial charge in [-0.1, -0.05) is 0 Å². The maximum atomic E-state index is 12.8. The van der Waals surface area contributed by atoms with Crippen molar-refractivity contribution in [2.75, 3.05) is 16.4 Å². The lowest BCUT2D eigenvalue weighted by Gasteiger charge is -2.17. The van der Waals surface area contributed by atoms with Gasteiger partial charge in [-0.05, 0) is 42.5 Å². The van der Waals surface area contributed by atoms with Crippen LogP contribution < -0.4 is 16.4 Å². The molecule has 0 saturated heterocycles. The highest BCUT2D eigenvalue weighted by Crippen LogP contribution is 2.18. The van der Waals surface area contributed by atoms with E-state index in [1.807, 2.05) is 0 Å². The van der Waals surface area contributed by atoms with Crippen LogP contribution >= 0.6 is 0 Å². The van der Waals surface area contributed by atoms with E-state index in [2.05, 4.69) is 20.6 Å². The third kappa shape index (κ3) is 4.26. The van der Waals surface area contributed by atoms with Crippen LogP contribution in [0.15, 0.2) is 42.5 Å². The molecule has 9 heteroatoms. The quantitative estimate of drug-likeness (QED) is 0.368. The highest BCUT2D eigenvalue weighted by Gasteiger charge is 2.20. The molecule has 1 aromatic heterocycles. The first-order valence-electron chi connectivity index (χ1n) is 7.85. The van der Waals surface area contributed by atoms with E-state index in [1.54, 1.807) is 18.2 Å². The minimum Gasteiger partial charge on any atom is -0.383 e. The Morgan fingerprint density at radius 2 is 1.88 bits per heavy atom. The molecular weight excluding hydrogens is 341 g/mol. The van der Waals surface area contributed by atoms with E-state index in [4.69, 9.17) is 5.73 Å². The van der Waals surface area contributed by atoms with Crippen molar-refractivity contribution in [3.05, 3.63) is 48.3 Å². The predicted octanol–water partition coefficient (Wildman–Crippen LogP) is 1.40. The van der Waals surface area contributed by atoms with E-state index in [9.17, 15) is 19.4 Å². The number of H-pyrrole nitrogens is 1.